The third-order valence-corrected chi connectivity index (χ3v) is 3.41. The number of benzene rings is 2. The number of amides is 2. The molecular weight excluding hydrogens is 349 g/mol. The number of anilines is 1. The molecule has 0 aliphatic heterocycles. The van der Waals surface area contributed by atoms with E-state index in [1.165, 1.54) is 30.5 Å². The van der Waals surface area contributed by atoms with Gasteiger partial charge in [-0.15, -0.1) is 13.2 Å². The van der Waals surface area contributed by atoms with Crippen LogP contribution in [0.2, 0.25) is 0 Å². The van der Waals surface area contributed by atoms with Gasteiger partial charge in [-0.1, -0.05) is 18.2 Å². The molecule has 0 bridgehead atoms. The molecule has 0 atom stereocenters. The van der Waals surface area contributed by atoms with E-state index < -0.39 is 12.4 Å². The van der Waals surface area contributed by atoms with Gasteiger partial charge in [0.05, 0.1) is 17.4 Å². The van der Waals surface area contributed by atoms with E-state index in [-0.39, 0.29) is 12.3 Å². The van der Waals surface area contributed by atoms with Crippen LogP contribution in [-0.4, -0.2) is 22.6 Å². The highest BCUT2D eigenvalue weighted by Crippen LogP contribution is 2.23. The molecule has 0 spiro atoms. The topological polar surface area (TPSA) is 76.1 Å². The van der Waals surface area contributed by atoms with Crippen molar-refractivity contribution in [3.63, 3.8) is 0 Å². The SMILES string of the molecule is O=C(NCc1ccc(OC(F)(F)F)cc1)Nc1cccc2nnccc12. The van der Waals surface area contributed by atoms with Crippen LogP contribution in [0.1, 0.15) is 5.56 Å². The van der Waals surface area contributed by atoms with Crippen molar-refractivity contribution in [1.29, 1.82) is 0 Å². The maximum Gasteiger partial charge on any atom is 0.573 e. The molecule has 26 heavy (non-hydrogen) atoms. The minimum atomic E-state index is -4.73. The summed E-state index contributed by atoms with van der Waals surface area (Å²) in [5.41, 5.74) is 1.84. The van der Waals surface area contributed by atoms with E-state index >= 15 is 0 Å². The molecule has 9 heteroatoms. The largest absolute Gasteiger partial charge is 0.573 e. The first-order valence-electron chi connectivity index (χ1n) is 7.51. The summed E-state index contributed by atoms with van der Waals surface area (Å²) in [6.45, 7) is 0.142. The molecule has 0 saturated heterocycles. The number of fused-ring (bicyclic) bond motifs is 1. The fourth-order valence-electron chi connectivity index (χ4n) is 2.29. The third-order valence-electron chi connectivity index (χ3n) is 3.41. The first kappa shape index (κ1) is 17.5. The van der Waals surface area contributed by atoms with Gasteiger partial charge in [0.1, 0.15) is 5.75 Å². The van der Waals surface area contributed by atoms with Crippen molar-refractivity contribution in [2.24, 2.45) is 0 Å². The van der Waals surface area contributed by atoms with Crippen LogP contribution in [0.5, 0.6) is 5.75 Å². The Kier molecular flexibility index (Phi) is 4.87. The van der Waals surface area contributed by atoms with Gasteiger partial charge in [-0.2, -0.15) is 10.2 Å². The molecule has 134 valence electrons. The van der Waals surface area contributed by atoms with Crippen molar-refractivity contribution in [3.05, 3.63) is 60.3 Å². The molecular formula is C17H13F3N4O2. The van der Waals surface area contributed by atoms with Crippen LogP contribution in [0.25, 0.3) is 10.9 Å². The second kappa shape index (κ2) is 7.26. The monoisotopic (exact) mass is 362 g/mol. The number of hydrogen-bond donors (Lipinski definition) is 2. The lowest BCUT2D eigenvalue weighted by Crippen LogP contribution is -2.28. The summed E-state index contributed by atoms with van der Waals surface area (Å²) in [7, 11) is 0. The fraction of sp³-hybridized carbons (Fsp3) is 0.118. The number of halogens is 3. The van der Waals surface area contributed by atoms with Crippen molar-refractivity contribution in [1.82, 2.24) is 15.5 Å². The highest BCUT2D eigenvalue weighted by atomic mass is 19.4. The van der Waals surface area contributed by atoms with Gasteiger partial charge in [0, 0.05) is 11.9 Å². The predicted molar refractivity (Wildman–Crippen MR) is 88.5 cm³/mol. The molecule has 0 aliphatic carbocycles. The van der Waals surface area contributed by atoms with Gasteiger partial charge in [-0.05, 0) is 35.9 Å². The average Bonchev–Trinajstić information content (AvgIpc) is 2.60. The maximum absolute atomic E-state index is 12.1. The molecule has 2 aromatic carbocycles. The molecule has 0 unspecified atom stereocenters. The average molecular weight is 362 g/mol. The number of nitrogens with one attached hydrogen (secondary N) is 2. The number of nitrogens with zero attached hydrogens (tertiary/aromatic N) is 2. The van der Waals surface area contributed by atoms with Crippen LogP contribution >= 0.6 is 0 Å². The maximum atomic E-state index is 12.1. The van der Waals surface area contributed by atoms with Crippen molar-refractivity contribution in [2.45, 2.75) is 12.9 Å². The van der Waals surface area contributed by atoms with E-state index in [2.05, 4.69) is 25.6 Å². The van der Waals surface area contributed by atoms with Crippen LogP contribution in [0.3, 0.4) is 0 Å². The minimum absolute atomic E-state index is 0.142. The zero-order chi connectivity index (χ0) is 18.6. The van der Waals surface area contributed by atoms with Crippen LogP contribution < -0.4 is 15.4 Å². The quantitative estimate of drug-likeness (QED) is 0.739. The normalized spacial score (nSPS) is 11.2. The minimum Gasteiger partial charge on any atom is -0.406 e. The zero-order valence-electron chi connectivity index (χ0n) is 13.2. The highest BCUT2D eigenvalue weighted by molar-refractivity contribution is 6.00. The summed E-state index contributed by atoms with van der Waals surface area (Å²) >= 11 is 0. The highest BCUT2D eigenvalue weighted by Gasteiger charge is 2.30. The van der Waals surface area contributed by atoms with Gasteiger partial charge >= 0.3 is 12.4 Å². The number of carbonyl (C=O) groups is 1. The number of alkyl halides is 3. The van der Waals surface area contributed by atoms with Crippen LogP contribution in [-0.2, 0) is 6.54 Å². The molecule has 6 nitrogen and oxygen atoms in total. The van der Waals surface area contributed by atoms with E-state index in [9.17, 15) is 18.0 Å². The van der Waals surface area contributed by atoms with Gasteiger partial charge in [0.2, 0.25) is 0 Å². The molecule has 0 radical (unpaired) electrons. The van der Waals surface area contributed by atoms with Crippen molar-refractivity contribution in [3.8, 4) is 5.75 Å². The van der Waals surface area contributed by atoms with Gasteiger partial charge in [-0.25, -0.2) is 4.79 Å². The second-order valence-electron chi connectivity index (χ2n) is 5.27. The molecule has 3 rings (SSSR count). The predicted octanol–water partition coefficient (Wildman–Crippen LogP) is 3.85. The van der Waals surface area contributed by atoms with Crippen LogP contribution in [0.4, 0.5) is 23.7 Å². The summed E-state index contributed by atoms with van der Waals surface area (Å²) in [5, 5.41) is 13.8. The number of urea groups is 1. The number of hydrogen-bond acceptors (Lipinski definition) is 4. The van der Waals surface area contributed by atoms with Gasteiger partial charge in [0.15, 0.2) is 0 Å². The third kappa shape index (κ3) is 4.59. The Morgan fingerprint density at radius 3 is 2.58 bits per heavy atom. The zero-order valence-corrected chi connectivity index (χ0v) is 13.2. The van der Waals surface area contributed by atoms with E-state index in [0.29, 0.717) is 16.8 Å². The van der Waals surface area contributed by atoms with Crippen molar-refractivity contribution in [2.75, 3.05) is 5.32 Å². The summed E-state index contributed by atoms with van der Waals surface area (Å²) in [6, 6.07) is 11.8. The molecule has 0 aliphatic rings. The van der Waals surface area contributed by atoms with E-state index in [4.69, 9.17) is 0 Å². The second-order valence-corrected chi connectivity index (χ2v) is 5.27. The summed E-state index contributed by atoms with van der Waals surface area (Å²) in [5.74, 6) is -0.317. The van der Waals surface area contributed by atoms with Gasteiger partial charge in [0.25, 0.3) is 0 Å². The standard InChI is InChI=1S/C17H13F3N4O2/c18-17(19,20)26-12-6-4-11(5-7-12)10-21-16(25)23-14-2-1-3-15-13(14)8-9-22-24-15/h1-9H,10H2,(H2,21,23,25). The first-order valence-corrected chi connectivity index (χ1v) is 7.51. The van der Waals surface area contributed by atoms with Crippen molar-refractivity contribution < 1.29 is 22.7 Å². The van der Waals surface area contributed by atoms with Gasteiger partial charge in [-0.3, -0.25) is 0 Å². The first-order chi connectivity index (χ1) is 12.4. The van der Waals surface area contributed by atoms with Crippen molar-refractivity contribution >= 4 is 22.6 Å². The molecule has 3 aromatic rings. The number of aromatic nitrogens is 2. The lowest BCUT2D eigenvalue weighted by molar-refractivity contribution is -0.274. The molecule has 2 N–H and O–H groups in total. The Bertz CT molecular complexity index is 909. The summed E-state index contributed by atoms with van der Waals surface area (Å²) in [6.07, 6.45) is -3.21. The Hall–Kier alpha value is -3.36. The van der Waals surface area contributed by atoms with E-state index in [0.717, 1.165) is 5.39 Å². The molecule has 0 fully saturated rings. The van der Waals surface area contributed by atoms with E-state index in [1.54, 1.807) is 24.3 Å². The molecule has 1 heterocycles. The molecule has 2 amide bonds. The Balaban J connectivity index is 1.59. The Morgan fingerprint density at radius 1 is 1.08 bits per heavy atom. The lowest BCUT2D eigenvalue weighted by Gasteiger charge is -2.11. The van der Waals surface area contributed by atoms with Gasteiger partial charge < -0.3 is 15.4 Å². The summed E-state index contributed by atoms with van der Waals surface area (Å²) in [4.78, 5) is 12.1. The summed E-state index contributed by atoms with van der Waals surface area (Å²) < 4.78 is 40.1. The number of rotatable bonds is 4. The molecule has 1 aromatic heterocycles. The number of carbonyl (C=O) groups excluding carboxylic acids is 1. The van der Waals surface area contributed by atoms with Crippen LogP contribution in [0, 0.1) is 0 Å². The fourth-order valence-corrected chi connectivity index (χ4v) is 2.29. The Labute approximate surface area is 146 Å². The lowest BCUT2D eigenvalue weighted by atomic mass is 10.2. The number of ether oxygens (including phenoxy) is 1. The smallest absolute Gasteiger partial charge is 0.406 e. The van der Waals surface area contributed by atoms with E-state index in [1.807, 2.05) is 0 Å². The Morgan fingerprint density at radius 2 is 1.85 bits per heavy atom. The van der Waals surface area contributed by atoms with Crippen LogP contribution in [0.15, 0.2) is 54.7 Å². The molecule has 0 saturated carbocycles.